The minimum Gasteiger partial charge on any atom is -0.457 e. The number of fused-ring (bicyclic) bond motifs is 3. The topological polar surface area (TPSA) is 38.3 Å². The third-order valence-electron chi connectivity index (χ3n) is 8.10. The van der Waals surface area contributed by atoms with Crippen LogP contribution in [0.4, 0.5) is 11.4 Å². The van der Waals surface area contributed by atoms with Gasteiger partial charge >= 0.3 is 5.97 Å². The van der Waals surface area contributed by atoms with Crippen LogP contribution in [0.3, 0.4) is 0 Å². The van der Waals surface area contributed by atoms with E-state index in [0.29, 0.717) is 5.56 Å². The van der Waals surface area contributed by atoms with Crippen molar-refractivity contribution in [2.75, 3.05) is 5.32 Å². The Morgan fingerprint density at radius 1 is 0.548 bits per heavy atom. The predicted octanol–water partition coefficient (Wildman–Crippen LogP) is 9.15. The lowest BCUT2D eigenvalue weighted by molar-refractivity contribution is 0.0472. The maximum atomic E-state index is 12.7. The number of carbonyl (C=O) groups excluding carboxylic acids is 1. The lowest BCUT2D eigenvalue weighted by atomic mass is 9.67. The van der Waals surface area contributed by atoms with Crippen LogP contribution in [0, 0.1) is 0 Å². The first-order valence-corrected chi connectivity index (χ1v) is 14.2. The number of anilines is 2. The van der Waals surface area contributed by atoms with Crippen LogP contribution in [-0.4, -0.2) is 5.97 Å². The summed E-state index contributed by atoms with van der Waals surface area (Å²) < 4.78 is 5.53. The molecule has 0 saturated heterocycles. The van der Waals surface area contributed by atoms with Gasteiger partial charge in [-0.2, -0.15) is 0 Å². The van der Waals surface area contributed by atoms with Gasteiger partial charge in [-0.1, -0.05) is 127 Å². The third kappa shape index (κ3) is 4.36. The highest BCUT2D eigenvalue weighted by Gasteiger charge is 2.46. The second kappa shape index (κ2) is 10.9. The predicted molar refractivity (Wildman–Crippen MR) is 169 cm³/mol. The van der Waals surface area contributed by atoms with Gasteiger partial charge < -0.3 is 10.1 Å². The first-order valence-electron chi connectivity index (χ1n) is 14.2. The molecule has 1 aliphatic carbocycles. The van der Waals surface area contributed by atoms with Crippen molar-refractivity contribution in [2.45, 2.75) is 12.0 Å². The number of benzene rings is 6. The number of nitrogens with one attached hydrogen (secondary N) is 1. The molecule has 1 aliphatic rings. The Kier molecular flexibility index (Phi) is 6.61. The summed E-state index contributed by atoms with van der Waals surface area (Å²) in [4.78, 5) is 12.7. The Morgan fingerprint density at radius 3 is 1.71 bits per heavy atom. The summed E-state index contributed by atoms with van der Waals surface area (Å²) in [6, 6.07) is 54.0. The average Bonchev–Trinajstić information content (AvgIpc) is 3.36. The van der Waals surface area contributed by atoms with E-state index in [4.69, 9.17) is 4.74 Å². The molecular weight excluding hydrogens is 514 g/mol. The summed E-state index contributed by atoms with van der Waals surface area (Å²) in [5.41, 5.74) is 10.3. The van der Waals surface area contributed by atoms with Crippen LogP contribution in [-0.2, 0) is 16.8 Å². The monoisotopic (exact) mass is 543 g/mol. The third-order valence-corrected chi connectivity index (χ3v) is 8.10. The zero-order valence-corrected chi connectivity index (χ0v) is 23.0. The van der Waals surface area contributed by atoms with Gasteiger partial charge in [0.25, 0.3) is 0 Å². The molecule has 0 heterocycles. The Balaban J connectivity index is 1.27. The summed E-state index contributed by atoms with van der Waals surface area (Å²) in [5, 5.41) is 3.68. The van der Waals surface area contributed by atoms with E-state index < -0.39 is 5.41 Å². The molecule has 0 saturated carbocycles. The van der Waals surface area contributed by atoms with Gasteiger partial charge in [-0.3, -0.25) is 0 Å². The fourth-order valence-corrected chi connectivity index (χ4v) is 6.25. The number of para-hydroxylation sites is 1. The lowest BCUT2D eigenvalue weighted by Crippen LogP contribution is -2.29. The SMILES string of the molecule is O=C(OCc1ccccc1)c1ccc(Nc2ccccc2C2(c3ccccc3)c3ccccc3-c3ccccc32)cc1. The minimum atomic E-state index is -0.501. The van der Waals surface area contributed by atoms with Crippen LogP contribution in [0.1, 0.15) is 38.2 Å². The molecule has 0 spiro atoms. The fraction of sp³-hybridized carbons (Fsp3) is 0.0513. The van der Waals surface area contributed by atoms with Crippen molar-refractivity contribution in [3.8, 4) is 11.1 Å². The number of hydrogen-bond acceptors (Lipinski definition) is 3. The molecule has 3 heteroatoms. The van der Waals surface area contributed by atoms with Crippen LogP contribution in [0.25, 0.3) is 11.1 Å². The largest absolute Gasteiger partial charge is 0.457 e. The number of ether oxygens (including phenoxy) is 1. The summed E-state index contributed by atoms with van der Waals surface area (Å²) >= 11 is 0. The first kappa shape index (κ1) is 25.6. The molecule has 0 atom stereocenters. The van der Waals surface area contributed by atoms with Gasteiger partial charge in [-0.15, -0.1) is 0 Å². The second-order valence-corrected chi connectivity index (χ2v) is 10.5. The molecule has 0 bridgehead atoms. The van der Waals surface area contributed by atoms with Gasteiger partial charge in [0, 0.05) is 11.4 Å². The van der Waals surface area contributed by atoms with Crippen LogP contribution < -0.4 is 5.32 Å². The van der Waals surface area contributed by atoms with Gasteiger partial charge in [0.05, 0.1) is 11.0 Å². The summed E-state index contributed by atoms with van der Waals surface area (Å²) in [6.07, 6.45) is 0. The van der Waals surface area contributed by atoms with Gasteiger partial charge in [0.1, 0.15) is 6.61 Å². The van der Waals surface area contributed by atoms with Gasteiger partial charge in [-0.25, -0.2) is 4.79 Å². The highest BCUT2D eigenvalue weighted by Crippen LogP contribution is 2.57. The summed E-state index contributed by atoms with van der Waals surface area (Å²) in [6.45, 7) is 0.248. The maximum Gasteiger partial charge on any atom is 0.338 e. The van der Waals surface area contributed by atoms with Crippen molar-refractivity contribution in [3.63, 3.8) is 0 Å². The van der Waals surface area contributed by atoms with Gasteiger partial charge in [-0.05, 0) is 69.3 Å². The van der Waals surface area contributed by atoms with E-state index in [9.17, 15) is 4.79 Å². The van der Waals surface area contributed by atoms with E-state index >= 15 is 0 Å². The van der Waals surface area contributed by atoms with Crippen LogP contribution >= 0.6 is 0 Å². The van der Waals surface area contributed by atoms with Crippen LogP contribution in [0.5, 0.6) is 0 Å². The number of hydrogen-bond donors (Lipinski definition) is 1. The van der Waals surface area contributed by atoms with Crippen molar-refractivity contribution in [3.05, 3.63) is 191 Å². The molecule has 6 aromatic carbocycles. The smallest absolute Gasteiger partial charge is 0.338 e. The van der Waals surface area contributed by atoms with Gasteiger partial charge in [0.15, 0.2) is 0 Å². The molecule has 7 rings (SSSR count). The molecule has 0 amide bonds. The number of esters is 1. The number of carbonyl (C=O) groups is 1. The zero-order chi connectivity index (χ0) is 28.4. The molecule has 0 aliphatic heterocycles. The fourth-order valence-electron chi connectivity index (χ4n) is 6.25. The minimum absolute atomic E-state index is 0.248. The highest BCUT2D eigenvalue weighted by atomic mass is 16.5. The van der Waals surface area contributed by atoms with Crippen molar-refractivity contribution in [1.29, 1.82) is 0 Å². The first-order chi connectivity index (χ1) is 20.7. The normalized spacial score (nSPS) is 12.7. The molecule has 0 fully saturated rings. The molecule has 42 heavy (non-hydrogen) atoms. The van der Waals surface area contributed by atoms with E-state index in [-0.39, 0.29) is 12.6 Å². The molecule has 6 aromatic rings. The molecule has 0 unspecified atom stereocenters. The quantitative estimate of drug-likeness (QED) is 0.204. The molecule has 0 radical (unpaired) electrons. The van der Waals surface area contributed by atoms with Crippen LogP contribution in [0.2, 0.25) is 0 Å². The zero-order valence-electron chi connectivity index (χ0n) is 23.0. The second-order valence-electron chi connectivity index (χ2n) is 10.5. The standard InChI is InChI=1S/C39H29NO2/c41-38(42-27-28-13-3-1-4-14-28)29-23-25-31(26-24-29)40-37-22-12-11-21-36(37)39(30-15-5-2-6-16-30)34-19-9-7-17-32(34)33-18-8-10-20-35(33)39/h1-26,40H,27H2. The van der Waals surface area contributed by atoms with Crippen LogP contribution in [0.15, 0.2) is 158 Å². The molecule has 0 aromatic heterocycles. The molecule has 1 N–H and O–H groups in total. The molecule has 202 valence electrons. The summed E-state index contributed by atoms with van der Waals surface area (Å²) in [5.74, 6) is -0.340. The highest BCUT2D eigenvalue weighted by molar-refractivity contribution is 5.90. The summed E-state index contributed by atoms with van der Waals surface area (Å²) in [7, 11) is 0. The molecule has 3 nitrogen and oxygen atoms in total. The lowest BCUT2D eigenvalue weighted by Gasteiger charge is -2.35. The van der Waals surface area contributed by atoms with E-state index in [1.54, 1.807) is 0 Å². The van der Waals surface area contributed by atoms with E-state index in [1.807, 2.05) is 54.6 Å². The van der Waals surface area contributed by atoms with Crippen molar-refractivity contribution in [2.24, 2.45) is 0 Å². The Hall–Kier alpha value is -5.41. The Bertz CT molecular complexity index is 1820. The average molecular weight is 544 g/mol. The molecular formula is C39H29NO2. The van der Waals surface area contributed by atoms with E-state index in [1.165, 1.54) is 33.4 Å². The van der Waals surface area contributed by atoms with Crippen molar-refractivity contribution in [1.82, 2.24) is 0 Å². The van der Waals surface area contributed by atoms with E-state index in [2.05, 4.69) is 108 Å². The Morgan fingerprint density at radius 2 is 1.07 bits per heavy atom. The Labute approximate surface area is 246 Å². The maximum absolute atomic E-state index is 12.7. The van der Waals surface area contributed by atoms with Crippen molar-refractivity contribution >= 4 is 17.3 Å². The number of rotatable bonds is 7. The van der Waals surface area contributed by atoms with Crippen molar-refractivity contribution < 1.29 is 9.53 Å². The van der Waals surface area contributed by atoms with E-state index in [0.717, 1.165) is 16.9 Å². The van der Waals surface area contributed by atoms with Gasteiger partial charge in [0.2, 0.25) is 0 Å².